The van der Waals surface area contributed by atoms with Gasteiger partial charge in [0, 0.05) is 18.2 Å². The Bertz CT molecular complexity index is 933. The van der Waals surface area contributed by atoms with Crippen molar-refractivity contribution in [3.05, 3.63) is 58.1 Å². The van der Waals surface area contributed by atoms with Gasteiger partial charge in [0.25, 0.3) is 10.0 Å². The van der Waals surface area contributed by atoms with Gasteiger partial charge in [0.2, 0.25) is 5.91 Å². The number of methoxy groups -OCH3 is 1. The first-order valence-corrected chi connectivity index (χ1v) is 10.7. The fourth-order valence-electron chi connectivity index (χ4n) is 2.56. The largest absolute Gasteiger partial charge is 0.383 e. The quantitative estimate of drug-likeness (QED) is 0.673. The molecule has 152 valence electrons. The molecule has 1 amide bonds. The van der Waals surface area contributed by atoms with Crippen molar-refractivity contribution in [2.45, 2.75) is 24.8 Å². The standard InChI is InChI=1S/C19H22Cl2N2O4S/c1-13-4-7-16(8-5-13)28(25,26)23(11-19(24)22-14(2)12-27-3)18-10-15(20)6-9-17(18)21/h4-10,14H,11-12H2,1-3H3,(H,22,24)/t14-/m0/s1. The molecule has 2 aromatic rings. The molecule has 0 spiro atoms. The summed E-state index contributed by atoms with van der Waals surface area (Å²) in [5, 5.41) is 3.17. The van der Waals surface area contributed by atoms with Gasteiger partial charge in [-0.25, -0.2) is 8.42 Å². The minimum absolute atomic E-state index is 0.0480. The lowest BCUT2D eigenvalue weighted by Gasteiger charge is -2.26. The molecule has 0 aromatic heterocycles. The first-order chi connectivity index (χ1) is 13.1. The van der Waals surface area contributed by atoms with Gasteiger partial charge in [0.15, 0.2) is 0 Å². The van der Waals surface area contributed by atoms with Crippen molar-refractivity contribution in [2.24, 2.45) is 0 Å². The summed E-state index contributed by atoms with van der Waals surface area (Å²) in [6.07, 6.45) is 0. The fourth-order valence-corrected chi connectivity index (χ4v) is 4.42. The number of hydrogen-bond acceptors (Lipinski definition) is 4. The molecule has 9 heteroatoms. The van der Waals surface area contributed by atoms with Crippen LogP contribution in [0.4, 0.5) is 5.69 Å². The Labute approximate surface area is 175 Å². The molecule has 0 aliphatic rings. The smallest absolute Gasteiger partial charge is 0.264 e. The second kappa shape index (κ2) is 9.60. The number of sulfonamides is 1. The van der Waals surface area contributed by atoms with Crippen molar-refractivity contribution < 1.29 is 17.9 Å². The molecule has 0 aliphatic carbocycles. The van der Waals surface area contributed by atoms with Gasteiger partial charge < -0.3 is 10.1 Å². The highest BCUT2D eigenvalue weighted by molar-refractivity contribution is 7.92. The molecular weight excluding hydrogens is 423 g/mol. The van der Waals surface area contributed by atoms with Gasteiger partial charge in [-0.1, -0.05) is 40.9 Å². The highest BCUT2D eigenvalue weighted by Crippen LogP contribution is 2.33. The number of benzene rings is 2. The topological polar surface area (TPSA) is 75.7 Å². The van der Waals surface area contributed by atoms with Gasteiger partial charge in [-0.05, 0) is 44.2 Å². The predicted octanol–water partition coefficient (Wildman–Crippen LogP) is 3.65. The van der Waals surface area contributed by atoms with E-state index in [0.29, 0.717) is 11.6 Å². The number of anilines is 1. The summed E-state index contributed by atoms with van der Waals surface area (Å²) in [5.41, 5.74) is 1.04. The average Bonchev–Trinajstić information content (AvgIpc) is 2.62. The third-order valence-corrected chi connectivity index (χ3v) is 6.23. The number of ether oxygens (including phenoxy) is 1. The van der Waals surface area contributed by atoms with Crippen LogP contribution in [0.25, 0.3) is 0 Å². The highest BCUT2D eigenvalue weighted by atomic mass is 35.5. The first-order valence-electron chi connectivity index (χ1n) is 8.48. The zero-order valence-electron chi connectivity index (χ0n) is 15.8. The van der Waals surface area contributed by atoms with Crippen molar-refractivity contribution in [3.8, 4) is 0 Å². The zero-order chi connectivity index (χ0) is 20.9. The van der Waals surface area contributed by atoms with Crippen LogP contribution in [-0.4, -0.2) is 40.6 Å². The van der Waals surface area contributed by atoms with E-state index >= 15 is 0 Å². The fraction of sp³-hybridized carbons (Fsp3) is 0.316. The number of halogens is 2. The first kappa shape index (κ1) is 22.5. The summed E-state index contributed by atoms with van der Waals surface area (Å²) in [6, 6.07) is 10.5. The molecule has 28 heavy (non-hydrogen) atoms. The van der Waals surface area contributed by atoms with E-state index in [-0.39, 0.29) is 21.6 Å². The summed E-state index contributed by atoms with van der Waals surface area (Å²) in [6.45, 7) is 3.46. The zero-order valence-corrected chi connectivity index (χ0v) is 18.1. The van der Waals surface area contributed by atoms with E-state index in [1.54, 1.807) is 25.1 Å². The number of hydrogen-bond donors (Lipinski definition) is 1. The van der Waals surface area contributed by atoms with E-state index in [0.717, 1.165) is 9.87 Å². The minimum atomic E-state index is -4.06. The molecule has 1 N–H and O–H groups in total. The Kier molecular flexibility index (Phi) is 7.71. The maximum Gasteiger partial charge on any atom is 0.264 e. The van der Waals surface area contributed by atoms with Crippen LogP contribution in [0.3, 0.4) is 0 Å². The second-order valence-electron chi connectivity index (χ2n) is 6.34. The maximum absolute atomic E-state index is 13.3. The summed E-state index contributed by atoms with van der Waals surface area (Å²) in [5.74, 6) is -0.490. The van der Waals surface area contributed by atoms with Crippen molar-refractivity contribution in [2.75, 3.05) is 24.6 Å². The van der Waals surface area contributed by atoms with Gasteiger partial charge in [0.1, 0.15) is 6.54 Å². The monoisotopic (exact) mass is 444 g/mol. The number of amides is 1. The molecule has 2 aromatic carbocycles. The number of aryl methyl sites for hydroxylation is 1. The summed E-state index contributed by atoms with van der Waals surface area (Å²) < 4.78 is 32.5. The van der Waals surface area contributed by atoms with E-state index in [1.807, 2.05) is 6.92 Å². The maximum atomic E-state index is 13.3. The van der Waals surface area contributed by atoms with Crippen molar-refractivity contribution >= 4 is 44.8 Å². The lowest BCUT2D eigenvalue weighted by Crippen LogP contribution is -2.44. The molecule has 0 radical (unpaired) electrons. The molecule has 0 heterocycles. The number of nitrogens with one attached hydrogen (secondary N) is 1. The van der Waals surface area contributed by atoms with Crippen LogP contribution < -0.4 is 9.62 Å². The van der Waals surface area contributed by atoms with E-state index in [9.17, 15) is 13.2 Å². The molecule has 0 saturated carbocycles. The van der Waals surface area contributed by atoms with Crippen molar-refractivity contribution in [1.29, 1.82) is 0 Å². The van der Waals surface area contributed by atoms with Crippen LogP contribution in [0.1, 0.15) is 12.5 Å². The summed E-state index contributed by atoms with van der Waals surface area (Å²) in [7, 11) is -2.54. The Morgan fingerprint density at radius 2 is 1.82 bits per heavy atom. The lowest BCUT2D eigenvalue weighted by molar-refractivity contribution is -0.120. The molecule has 2 rings (SSSR count). The Balaban J connectivity index is 2.45. The molecule has 6 nitrogen and oxygen atoms in total. The molecule has 0 fully saturated rings. The molecule has 0 saturated heterocycles. The van der Waals surface area contributed by atoms with E-state index in [4.69, 9.17) is 27.9 Å². The third kappa shape index (κ3) is 5.61. The van der Waals surface area contributed by atoms with Crippen LogP contribution >= 0.6 is 23.2 Å². The van der Waals surface area contributed by atoms with E-state index < -0.39 is 22.5 Å². The summed E-state index contributed by atoms with van der Waals surface area (Å²) >= 11 is 12.3. The minimum Gasteiger partial charge on any atom is -0.383 e. The third-order valence-electron chi connectivity index (χ3n) is 3.90. The molecular formula is C19H22Cl2N2O4S. The lowest BCUT2D eigenvalue weighted by atomic mass is 10.2. The Hall–Kier alpha value is -1.80. The Morgan fingerprint density at radius 1 is 1.18 bits per heavy atom. The van der Waals surface area contributed by atoms with Crippen molar-refractivity contribution in [3.63, 3.8) is 0 Å². The molecule has 0 unspecified atom stereocenters. The second-order valence-corrected chi connectivity index (χ2v) is 9.05. The van der Waals surface area contributed by atoms with E-state index in [1.165, 1.54) is 31.4 Å². The van der Waals surface area contributed by atoms with Crippen LogP contribution in [0.15, 0.2) is 47.4 Å². The van der Waals surface area contributed by atoms with Crippen molar-refractivity contribution in [1.82, 2.24) is 5.32 Å². The van der Waals surface area contributed by atoms with Gasteiger partial charge in [-0.3, -0.25) is 9.10 Å². The van der Waals surface area contributed by atoms with Gasteiger partial charge in [-0.2, -0.15) is 0 Å². The predicted molar refractivity (Wildman–Crippen MR) is 112 cm³/mol. The van der Waals surface area contributed by atoms with Gasteiger partial charge >= 0.3 is 0 Å². The van der Waals surface area contributed by atoms with Crippen LogP contribution in [0, 0.1) is 6.92 Å². The molecule has 1 atom stereocenters. The number of carbonyl (C=O) groups is 1. The highest BCUT2D eigenvalue weighted by Gasteiger charge is 2.29. The SMILES string of the molecule is COC[C@H](C)NC(=O)CN(c1cc(Cl)ccc1Cl)S(=O)(=O)c1ccc(C)cc1. The number of carbonyl (C=O) groups excluding carboxylic acids is 1. The Morgan fingerprint density at radius 3 is 2.43 bits per heavy atom. The van der Waals surface area contributed by atoms with Crippen LogP contribution in [0.5, 0.6) is 0 Å². The van der Waals surface area contributed by atoms with E-state index in [2.05, 4.69) is 5.32 Å². The number of nitrogens with zero attached hydrogens (tertiary/aromatic N) is 1. The van der Waals surface area contributed by atoms with Crippen LogP contribution in [0.2, 0.25) is 10.0 Å². The average molecular weight is 445 g/mol. The molecule has 0 bridgehead atoms. The summed E-state index contributed by atoms with van der Waals surface area (Å²) in [4.78, 5) is 12.5. The normalized spacial score (nSPS) is 12.5. The number of rotatable bonds is 8. The van der Waals surface area contributed by atoms with Gasteiger partial charge in [-0.15, -0.1) is 0 Å². The van der Waals surface area contributed by atoms with Crippen LogP contribution in [-0.2, 0) is 19.6 Å². The van der Waals surface area contributed by atoms with Gasteiger partial charge in [0.05, 0.1) is 22.2 Å². The molecule has 0 aliphatic heterocycles.